The number of nitrogens with zero attached hydrogens (tertiary/aromatic N) is 5. The van der Waals surface area contributed by atoms with Crippen LogP contribution in [0.2, 0.25) is 0 Å². The zero-order valence-corrected chi connectivity index (χ0v) is 14.2. The zero-order valence-electron chi connectivity index (χ0n) is 12.6. The lowest BCUT2D eigenvalue weighted by Crippen LogP contribution is -2.36. The van der Waals surface area contributed by atoms with E-state index in [0.29, 0.717) is 18.3 Å². The molecule has 1 aliphatic heterocycles. The number of hydrogen-bond acceptors (Lipinski definition) is 9. The van der Waals surface area contributed by atoms with E-state index in [1.807, 2.05) is 13.0 Å². The van der Waals surface area contributed by atoms with Gasteiger partial charge in [-0.3, -0.25) is 10.1 Å². The van der Waals surface area contributed by atoms with E-state index in [9.17, 15) is 4.79 Å². The first-order chi connectivity index (χ1) is 11.2. The van der Waals surface area contributed by atoms with E-state index >= 15 is 0 Å². The second-order valence-electron chi connectivity index (χ2n) is 4.78. The third-order valence-electron chi connectivity index (χ3n) is 3.09. The SMILES string of the molecule is Cc1nnc(NC(=O)CSc2cc(N3CCOCC3)ncn2)s1. The summed E-state index contributed by atoms with van der Waals surface area (Å²) >= 11 is 2.72. The minimum atomic E-state index is -0.127. The number of amides is 1. The summed E-state index contributed by atoms with van der Waals surface area (Å²) in [6.45, 7) is 4.89. The van der Waals surface area contributed by atoms with Gasteiger partial charge in [0.15, 0.2) is 0 Å². The van der Waals surface area contributed by atoms with Crippen LogP contribution in [-0.2, 0) is 9.53 Å². The summed E-state index contributed by atoms with van der Waals surface area (Å²) < 4.78 is 5.34. The summed E-state index contributed by atoms with van der Waals surface area (Å²) in [4.78, 5) is 22.6. The fourth-order valence-electron chi connectivity index (χ4n) is 2.02. The number of rotatable bonds is 5. The van der Waals surface area contributed by atoms with Gasteiger partial charge in [0.25, 0.3) is 0 Å². The van der Waals surface area contributed by atoms with Crippen molar-refractivity contribution in [3.63, 3.8) is 0 Å². The van der Waals surface area contributed by atoms with Crippen molar-refractivity contribution >= 4 is 40.0 Å². The Labute approximate surface area is 141 Å². The molecule has 23 heavy (non-hydrogen) atoms. The molecule has 3 rings (SSSR count). The molecule has 1 fully saturated rings. The fourth-order valence-corrected chi connectivity index (χ4v) is 3.29. The molecule has 1 aliphatic rings. The monoisotopic (exact) mass is 352 g/mol. The molecule has 0 unspecified atom stereocenters. The molecular formula is C13H16N6O2S2. The number of carbonyl (C=O) groups is 1. The van der Waals surface area contributed by atoms with Gasteiger partial charge < -0.3 is 9.64 Å². The number of hydrogen-bond donors (Lipinski definition) is 1. The number of ether oxygens (including phenoxy) is 1. The molecule has 1 saturated heterocycles. The van der Waals surface area contributed by atoms with Crippen LogP contribution in [0.15, 0.2) is 17.4 Å². The summed E-state index contributed by atoms with van der Waals surface area (Å²) in [7, 11) is 0. The molecule has 2 aromatic rings. The number of morpholine rings is 1. The number of carbonyl (C=O) groups excluding carboxylic acids is 1. The van der Waals surface area contributed by atoms with Crippen LogP contribution in [0.25, 0.3) is 0 Å². The van der Waals surface area contributed by atoms with Gasteiger partial charge in [0, 0.05) is 19.2 Å². The van der Waals surface area contributed by atoms with Gasteiger partial charge in [0.2, 0.25) is 11.0 Å². The number of thioether (sulfide) groups is 1. The summed E-state index contributed by atoms with van der Waals surface area (Å²) in [5.41, 5.74) is 0. The molecule has 3 heterocycles. The van der Waals surface area contributed by atoms with Gasteiger partial charge in [-0.1, -0.05) is 23.1 Å². The Hall–Kier alpha value is -1.78. The minimum Gasteiger partial charge on any atom is -0.378 e. The van der Waals surface area contributed by atoms with Crippen molar-refractivity contribution in [2.45, 2.75) is 11.9 Å². The highest BCUT2D eigenvalue weighted by Crippen LogP contribution is 2.21. The van der Waals surface area contributed by atoms with Crippen LogP contribution in [0, 0.1) is 6.92 Å². The average molecular weight is 352 g/mol. The van der Waals surface area contributed by atoms with Crippen molar-refractivity contribution in [1.29, 1.82) is 0 Å². The van der Waals surface area contributed by atoms with Crippen molar-refractivity contribution in [3.05, 3.63) is 17.4 Å². The van der Waals surface area contributed by atoms with Gasteiger partial charge >= 0.3 is 0 Å². The number of nitrogens with one attached hydrogen (secondary N) is 1. The van der Waals surface area contributed by atoms with E-state index in [-0.39, 0.29) is 11.7 Å². The first kappa shape index (κ1) is 16.1. The largest absolute Gasteiger partial charge is 0.378 e. The number of anilines is 2. The lowest BCUT2D eigenvalue weighted by molar-refractivity contribution is -0.113. The predicted octanol–water partition coefficient (Wildman–Crippen LogP) is 1.20. The van der Waals surface area contributed by atoms with Crippen LogP contribution >= 0.6 is 23.1 Å². The van der Waals surface area contributed by atoms with Crippen LogP contribution in [0.3, 0.4) is 0 Å². The maximum Gasteiger partial charge on any atom is 0.236 e. The van der Waals surface area contributed by atoms with Crippen molar-refractivity contribution in [3.8, 4) is 0 Å². The third kappa shape index (κ3) is 4.60. The van der Waals surface area contributed by atoms with Crippen molar-refractivity contribution in [2.24, 2.45) is 0 Å². The van der Waals surface area contributed by atoms with E-state index in [4.69, 9.17) is 4.74 Å². The first-order valence-electron chi connectivity index (χ1n) is 7.08. The Bertz CT molecular complexity index is 674. The summed E-state index contributed by atoms with van der Waals surface area (Å²) in [5.74, 6) is 1.00. The maximum absolute atomic E-state index is 11.9. The van der Waals surface area contributed by atoms with Crippen molar-refractivity contribution < 1.29 is 9.53 Å². The molecule has 0 aliphatic carbocycles. The molecule has 2 aromatic heterocycles. The van der Waals surface area contributed by atoms with E-state index in [0.717, 1.165) is 28.9 Å². The summed E-state index contributed by atoms with van der Waals surface area (Å²) in [6.07, 6.45) is 1.53. The predicted molar refractivity (Wildman–Crippen MR) is 89.1 cm³/mol. The highest BCUT2D eigenvalue weighted by Gasteiger charge is 2.14. The standard InChI is InChI=1S/C13H16N6O2S2/c1-9-17-18-13(23-9)16-11(20)7-22-12-6-10(14-8-15-12)19-2-4-21-5-3-19/h6,8H,2-5,7H2,1H3,(H,16,18,20). The zero-order chi connectivity index (χ0) is 16.1. The highest BCUT2D eigenvalue weighted by molar-refractivity contribution is 7.99. The van der Waals surface area contributed by atoms with Gasteiger partial charge in [-0.15, -0.1) is 10.2 Å². The van der Waals surface area contributed by atoms with Gasteiger partial charge in [-0.05, 0) is 6.92 Å². The van der Waals surface area contributed by atoms with Crippen LogP contribution in [0.5, 0.6) is 0 Å². The molecule has 0 aromatic carbocycles. The molecule has 10 heteroatoms. The van der Waals surface area contributed by atoms with Gasteiger partial charge in [0.1, 0.15) is 22.2 Å². The Kier molecular flexibility index (Phi) is 5.36. The van der Waals surface area contributed by atoms with Gasteiger partial charge in [0.05, 0.1) is 19.0 Å². The van der Waals surface area contributed by atoms with E-state index in [2.05, 4.69) is 30.4 Å². The molecule has 0 bridgehead atoms. The second kappa shape index (κ2) is 7.66. The number of aryl methyl sites for hydroxylation is 1. The molecule has 0 atom stereocenters. The van der Waals surface area contributed by atoms with E-state index in [1.54, 1.807) is 0 Å². The summed E-state index contributed by atoms with van der Waals surface area (Å²) in [5, 5.41) is 12.6. The summed E-state index contributed by atoms with van der Waals surface area (Å²) in [6, 6.07) is 1.90. The Balaban J connectivity index is 1.54. The van der Waals surface area contributed by atoms with Crippen LogP contribution in [-0.4, -0.2) is 58.1 Å². The van der Waals surface area contributed by atoms with E-state index in [1.165, 1.54) is 29.4 Å². The Morgan fingerprint density at radius 2 is 2.22 bits per heavy atom. The number of aromatic nitrogens is 4. The first-order valence-corrected chi connectivity index (χ1v) is 8.88. The van der Waals surface area contributed by atoms with Gasteiger partial charge in [-0.25, -0.2) is 9.97 Å². The molecule has 1 N–H and O–H groups in total. The van der Waals surface area contributed by atoms with Crippen LogP contribution in [0.4, 0.5) is 10.9 Å². The normalized spacial score (nSPS) is 14.7. The molecule has 8 nitrogen and oxygen atoms in total. The third-order valence-corrected chi connectivity index (χ3v) is 4.77. The molecular weight excluding hydrogens is 336 g/mol. The molecule has 0 radical (unpaired) electrons. The Morgan fingerprint density at radius 1 is 1.39 bits per heavy atom. The molecule has 122 valence electrons. The van der Waals surface area contributed by atoms with Crippen molar-refractivity contribution in [2.75, 3.05) is 42.3 Å². The smallest absolute Gasteiger partial charge is 0.236 e. The minimum absolute atomic E-state index is 0.127. The molecule has 0 saturated carbocycles. The van der Waals surface area contributed by atoms with Crippen molar-refractivity contribution in [1.82, 2.24) is 20.2 Å². The maximum atomic E-state index is 11.9. The lowest BCUT2D eigenvalue weighted by Gasteiger charge is -2.27. The fraction of sp³-hybridized carbons (Fsp3) is 0.462. The molecule has 0 spiro atoms. The second-order valence-corrected chi connectivity index (χ2v) is 6.95. The Morgan fingerprint density at radius 3 is 2.96 bits per heavy atom. The van der Waals surface area contributed by atoms with Crippen LogP contribution < -0.4 is 10.2 Å². The van der Waals surface area contributed by atoms with Crippen LogP contribution in [0.1, 0.15) is 5.01 Å². The van der Waals surface area contributed by atoms with Gasteiger partial charge in [-0.2, -0.15) is 0 Å². The lowest BCUT2D eigenvalue weighted by atomic mass is 10.4. The molecule has 1 amide bonds. The quantitative estimate of drug-likeness (QED) is 0.634. The van der Waals surface area contributed by atoms with E-state index < -0.39 is 0 Å². The highest BCUT2D eigenvalue weighted by atomic mass is 32.2. The topological polar surface area (TPSA) is 93.1 Å². The average Bonchev–Trinajstić information content (AvgIpc) is 2.99.